The molecule has 0 spiro atoms. The minimum absolute atomic E-state index is 0.140. The molecule has 2 rings (SSSR count). The van der Waals surface area contributed by atoms with Gasteiger partial charge in [0.25, 0.3) is 0 Å². The topological polar surface area (TPSA) is 29.1 Å². The Labute approximate surface area is 119 Å². The fourth-order valence-corrected chi connectivity index (χ4v) is 3.28. The number of nitrogens with one attached hydrogen (secondary N) is 1. The molecule has 1 amide bonds. The maximum absolute atomic E-state index is 12.5. The lowest BCUT2D eigenvalue weighted by Crippen LogP contribution is -2.47. The summed E-state index contributed by atoms with van der Waals surface area (Å²) in [5.41, 5.74) is 0.140. The van der Waals surface area contributed by atoms with E-state index in [1.807, 2.05) is 0 Å². The van der Waals surface area contributed by atoms with Crippen molar-refractivity contribution in [1.82, 2.24) is 5.32 Å². The Kier molecular flexibility index (Phi) is 4.40. The summed E-state index contributed by atoms with van der Waals surface area (Å²) in [7, 11) is 0. The van der Waals surface area contributed by atoms with Crippen LogP contribution in [0.5, 0.6) is 0 Å². The molecule has 2 aliphatic rings. The minimum Gasteiger partial charge on any atom is -0.353 e. The van der Waals surface area contributed by atoms with Gasteiger partial charge in [-0.1, -0.05) is 36.7 Å². The average molecular weight is 316 g/mol. The van der Waals surface area contributed by atoms with Gasteiger partial charge < -0.3 is 5.32 Å². The number of halogens is 1. The molecule has 0 aromatic carbocycles. The number of carbonyl (C=O) groups excluding carboxylic acids is 1. The maximum atomic E-state index is 12.5. The molecule has 1 atom stereocenters. The van der Waals surface area contributed by atoms with Crippen LogP contribution in [0, 0.1) is 23.2 Å². The monoisotopic (exact) mass is 315 g/mol. The summed E-state index contributed by atoms with van der Waals surface area (Å²) in [6.07, 6.45) is 6.10. The predicted octanol–water partition coefficient (Wildman–Crippen LogP) is 3.74. The number of hydrogen-bond donors (Lipinski definition) is 1. The Balaban J connectivity index is 1.94. The van der Waals surface area contributed by atoms with Crippen LogP contribution < -0.4 is 5.32 Å². The number of carbonyl (C=O) groups is 1. The second-order valence-corrected chi connectivity index (χ2v) is 7.90. The van der Waals surface area contributed by atoms with Crippen molar-refractivity contribution >= 4 is 21.8 Å². The van der Waals surface area contributed by atoms with Crippen molar-refractivity contribution in [3.63, 3.8) is 0 Å². The zero-order chi connectivity index (χ0) is 13.3. The Morgan fingerprint density at radius 2 is 1.72 bits per heavy atom. The highest BCUT2D eigenvalue weighted by Gasteiger charge is 2.46. The van der Waals surface area contributed by atoms with Crippen molar-refractivity contribution in [3.8, 4) is 0 Å². The van der Waals surface area contributed by atoms with Crippen molar-refractivity contribution in [2.45, 2.75) is 58.9 Å². The molecule has 2 aliphatic carbocycles. The van der Waals surface area contributed by atoms with Crippen LogP contribution in [-0.2, 0) is 4.79 Å². The molecule has 0 aromatic heterocycles. The van der Waals surface area contributed by atoms with Crippen LogP contribution in [0.3, 0.4) is 0 Å². The Hall–Kier alpha value is -0.0500. The van der Waals surface area contributed by atoms with Crippen LogP contribution in [0.4, 0.5) is 0 Å². The van der Waals surface area contributed by atoms with Crippen molar-refractivity contribution in [3.05, 3.63) is 0 Å². The van der Waals surface area contributed by atoms with Crippen molar-refractivity contribution in [2.24, 2.45) is 23.2 Å². The predicted molar refractivity (Wildman–Crippen MR) is 78.7 cm³/mol. The lowest BCUT2D eigenvalue weighted by Gasteiger charge is -2.32. The van der Waals surface area contributed by atoms with Crippen LogP contribution in [-0.4, -0.2) is 17.3 Å². The Morgan fingerprint density at radius 1 is 1.22 bits per heavy atom. The third-order valence-electron chi connectivity index (χ3n) is 4.32. The van der Waals surface area contributed by atoms with Crippen LogP contribution >= 0.6 is 15.9 Å². The zero-order valence-corrected chi connectivity index (χ0v) is 13.4. The van der Waals surface area contributed by atoms with Crippen LogP contribution in [0.2, 0.25) is 0 Å². The molecule has 0 saturated heterocycles. The smallest absolute Gasteiger partial charge is 0.223 e. The molecule has 0 aliphatic heterocycles. The van der Waals surface area contributed by atoms with Crippen molar-refractivity contribution in [1.29, 1.82) is 0 Å². The van der Waals surface area contributed by atoms with Gasteiger partial charge in [0.2, 0.25) is 5.91 Å². The van der Waals surface area contributed by atoms with Crippen molar-refractivity contribution < 1.29 is 4.79 Å². The molecular weight excluding hydrogens is 290 g/mol. The van der Waals surface area contributed by atoms with Crippen LogP contribution in [0.1, 0.15) is 52.9 Å². The highest BCUT2D eigenvalue weighted by molar-refractivity contribution is 9.09. The first-order valence-corrected chi connectivity index (χ1v) is 8.42. The molecule has 0 radical (unpaired) electrons. The first kappa shape index (κ1) is 14.4. The van der Waals surface area contributed by atoms with Crippen LogP contribution in [0.25, 0.3) is 0 Å². The molecule has 3 heteroatoms. The van der Waals surface area contributed by atoms with Gasteiger partial charge in [0.05, 0.1) is 0 Å². The van der Waals surface area contributed by atoms with E-state index < -0.39 is 0 Å². The molecule has 2 nitrogen and oxygen atoms in total. The zero-order valence-electron chi connectivity index (χ0n) is 11.8. The molecule has 104 valence electrons. The van der Waals surface area contributed by atoms with E-state index in [9.17, 15) is 4.79 Å². The second-order valence-electron chi connectivity index (χ2n) is 7.11. The van der Waals surface area contributed by atoms with E-state index in [1.165, 1.54) is 25.7 Å². The third kappa shape index (κ3) is 3.72. The van der Waals surface area contributed by atoms with Gasteiger partial charge >= 0.3 is 0 Å². The van der Waals surface area contributed by atoms with Gasteiger partial charge in [0.1, 0.15) is 0 Å². The summed E-state index contributed by atoms with van der Waals surface area (Å²) in [5, 5.41) is 4.28. The summed E-state index contributed by atoms with van der Waals surface area (Å²) >= 11 is 3.50. The van der Waals surface area contributed by atoms with Gasteiger partial charge in [0, 0.05) is 17.3 Å². The van der Waals surface area contributed by atoms with E-state index in [0.29, 0.717) is 23.7 Å². The molecule has 0 aromatic rings. The first-order chi connectivity index (χ1) is 8.43. The molecule has 18 heavy (non-hydrogen) atoms. The largest absolute Gasteiger partial charge is 0.353 e. The molecule has 2 fully saturated rings. The summed E-state index contributed by atoms with van der Waals surface area (Å²) in [4.78, 5) is 12.5. The lowest BCUT2D eigenvalue weighted by molar-refractivity contribution is -0.127. The van der Waals surface area contributed by atoms with Crippen molar-refractivity contribution in [2.75, 3.05) is 5.33 Å². The van der Waals surface area contributed by atoms with Gasteiger partial charge in [-0.25, -0.2) is 0 Å². The number of rotatable bonds is 6. The van der Waals surface area contributed by atoms with Gasteiger partial charge in [-0.15, -0.1) is 0 Å². The number of alkyl halides is 1. The summed E-state index contributed by atoms with van der Waals surface area (Å²) in [5.74, 6) is 2.05. The maximum Gasteiger partial charge on any atom is 0.223 e. The average Bonchev–Trinajstić information content (AvgIpc) is 3.10. The Morgan fingerprint density at radius 3 is 2.06 bits per heavy atom. The quantitative estimate of drug-likeness (QED) is 0.743. The van der Waals surface area contributed by atoms with E-state index in [2.05, 4.69) is 42.0 Å². The van der Waals surface area contributed by atoms with E-state index in [4.69, 9.17) is 0 Å². The number of hydrogen-bond acceptors (Lipinski definition) is 1. The van der Waals surface area contributed by atoms with Gasteiger partial charge in [-0.05, 0) is 49.4 Å². The van der Waals surface area contributed by atoms with Gasteiger partial charge in [0.15, 0.2) is 0 Å². The summed E-state index contributed by atoms with van der Waals surface area (Å²) in [6, 6.07) is 0.282. The Bertz CT molecular complexity index is 290. The first-order valence-electron chi connectivity index (χ1n) is 7.30. The molecule has 0 heterocycles. The molecule has 0 bridgehead atoms. The highest BCUT2D eigenvalue weighted by Crippen LogP contribution is 2.49. The van der Waals surface area contributed by atoms with Gasteiger partial charge in [-0.3, -0.25) is 4.79 Å². The molecule has 1 unspecified atom stereocenters. The molecular formula is C15H26BrNO. The third-order valence-corrected chi connectivity index (χ3v) is 4.78. The fraction of sp³-hybridized carbons (Fsp3) is 0.933. The normalized spacial score (nSPS) is 22.1. The van der Waals surface area contributed by atoms with E-state index in [0.717, 1.165) is 11.8 Å². The minimum atomic E-state index is 0.140. The fourth-order valence-electron chi connectivity index (χ4n) is 2.82. The van der Waals surface area contributed by atoms with E-state index in [-0.39, 0.29) is 11.5 Å². The summed E-state index contributed by atoms with van der Waals surface area (Å²) in [6.45, 7) is 6.64. The van der Waals surface area contributed by atoms with Crippen LogP contribution in [0.15, 0.2) is 0 Å². The second kappa shape index (κ2) is 5.52. The SMILES string of the molecule is CC(C)(C)C(CCBr)NC(=O)C(C1CC1)C1CC1. The molecule has 1 N–H and O–H groups in total. The number of amides is 1. The lowest BCUT2D eigenvalue weighted by atomic mass is 9.84. The van der Waals surface area contributed by atoms with E-state index in [1.54, 1.807) is 0 Å². The van der Waals surface area contributed by atoms with Gasteiger partial charge in [-0.2, -0.15) is 0 Å². The molecule has 2 saturated carbocycles. The van der Waals surface area contributed by atoms with E-state index >= 15 is 0 Å². The highest BCUT2D eigenvalue weighted by atomic mass is 79.9. The standard InChI is InChI=1S/C15H26BrNO/c1-15(2,3)12(8-9-16)17-14(18)13(10-4-5-10)11-6-7-11/h10-13H,4-9H2,1-3H3,(H,17,18). The summed E-state index contributed by atoms with van der Waals surface area (Å²) < 4.78 is 0.